The number of rotatable bonds is 3. The van der Waals surface area contributed by atoms with Crippen LogP contribution in [0.3, 0.4) is 0 Å². The number of amides is 1. The zero-order valence-electron chi connectivity index (χ0n) is 13.9. The maximum absolute atomic E-state index is 12.3. The standard InChI is InChI=1S/C18H28N2O/c1-13(2)20-11-10-14(12-20)17(21)19-16-8-6-15(7-9-16)18(3,4)5/h6-9,13-14H,10-12H2,1-5H3,(H,19,21)/t14-/m1/s1. The van der Waals surface area contributed by atoms with Gasteiger partial charge in [-0.05, 0) is 49.9 Å². The van der Waals surface area contributed by atoms with Crippen molar-refractivity contribution < 1.29 is 4.79 Å². The van der Waals surface area contributed by atoms with Gasteiger partial charge in [0, 0.05) is 18.3 Å². The Morgan fingerprint density at radius 1 is 1.24 bits per heavy atom. The molecule has 1 N–H and O–H groups in total. The highest BCUT2D eigenvalue weighted by Gasteiger charge is 2.29. The van der Waals surface area contributed by atoms with Crippen LogP contribution >= 0.6 is 0 Å². The van der Waals surface area contributed by atoms with Crippen LogP contribution in [0.15, 0.2) is 24.3 Å². The largest absolute Gasteiger partial charge is 0.326 e. The van der Waals surface area contributed by atoms with E-state index in [-0.39, 0.29) is 17.2 Å². The zero-order chi connectivity index (χ0) is 15.6. The van der Waals surface area contributed by atoms with Crippen LogP contribution in [0.2, 0.25) is 0 Å². The molecule has 0 aromatic heterocycles. The SMILES string of the molecule is CC(C)N1CC[C@@H](C(=O)Nc2ccc(C(C)(C)C)cc2)C1. The molecule has 0 bridgehead atoms. The van der Waals surface area contributed by atoms with E-state index >= 15 is 0 Å². The van der Waals surface area contributed by atoms with E-state index in [1.807, 2.05) is 12.1 Å². The lowest BCUT2D eigenvalue weighted by Gasteiger charge is -2.20. The van der Waals surface area contributed by atoms with Crippen molar-refractivity contribution in [3.63, 3.8) is 0 Å². The van der Waals surface area contributed by atoms with Gasteiger partial charge in [-0.3, -0.25) is 4.79 Å². The summed E-state index contributed by atoms with van der Waals surface area (Å²) in [6.45, 7) is 12.9. The van der Waals surface area contributed by atoms with Gasteiger partial charge in [0.2, 0.25) is 5.91 Å². The van der Waals surface area contributed by atoms with Gasteiger partial charge >= 0.3 is 0 Å². The highest BCUT2D eigenvalue weighted by molar-refractivity contribution is 5.92. The van der Waals surface area contributed by atoms with Crippen molar-refractivity contribution in [3.8, 4) is 0 Å². The molecule has 1 saturated heterocycles. The van der Waals surface area contributed by atoms with Gasteiger partial charge in [-0.25, -0.2) is 0 Å². The van der Waals surface area contributed by atoms with Gasteiger partial charge in [0.05, 0.1) is 5.92 Å². The first-order chi connectivity index (χ1) is 9.77. The van der Waals surface area contributed by atoms with Gasteiger partial charge in [0.15, 0.2) is 0 Å². The molecule has 3 heteroatoms. The smallest absolute Gasteiger partial charge is 0.228 e. The molecule has 21 heavy (non-hydrogen) atoms. The molecule has 1 aromatic rings. The van der Waals surface area contributed by atoms with Crippen molar-refractivity contribution in [3.05, 3.63) is 29.8 Å². The Bertz CT molecular complexity index is 485. The molecule has 1 atom stereocenters. The monoisotopic (exact) mass is 288 g/mol. The molecule has 1 aromatic carbocycles. The van der Waals surface area contributed by atoms with Crippen LogP contribution in [-0.2, 0) is 10.2 Å². The van der Waals surface area contributed by atoms with E-state index in [1.54, 1.807) is 0 Å². The fraction of sp³-hybridized carbons (Fsp3) is 0.611. The Hall–Kier alpha value is -1.35. The molecule has 0 saturated carbocycles. The van der Waals surface area contributed by atoms with Gasteiger partial charge in [0.1, 0.15) is 0 Å². The van der Waals surface area contributed by atoms with Crippen LogP contribution in [0.4, 0.5) is 5.69 Å². The van der Waals surface area contributed by atoms with Gasteiger partial charge in [0.25, 0.3) is 0 Å². The highest BCUT2D eigenvalue weighted by Crippen LogP contribution is 2.24. The molecule has 1 fully saturated rings. The molecule has 116 valence electrons. The van der Waals surface area contributed by atoms with Crippen LogP contribution in [-0.4, -0.2) is 29.9 Å². The van der Waals surface area contributed by atoms with Crippen LogP contribution in [0.1, 0.15) is 46.6 Å². The Kier molecular flexibility index (Phi) is 4.72. The van der Waals surface area contributed by atoms with Crippen LogP contribution in [0.5, 0.6) is 0 Å². The molecule has 1 aliphatic rings. The molecule has 0 radical (unpaired) electrons. The van der Waals surface area contributed by atoms with Crippen molar-refractivity contribution in [2.75, 3.05) is 18.4 Å². The molecule has 1 aliphatic heterocycles. The molecule has 1 amide bonds. The third kappa shape index (κ3) is 4.07. The second-order valence-corrected chi connectivity index (χ2v) is 7.39. The third-order valence-electron chi connectivity index (χ3n) is 4.34. The minimum absolute atomic E-state index is 0.120. The summed E-state index contributed by atoms with van der Waals surface area (Å²) in [4.78, 5) is 14.7. The molecule has 2 rings (SSSR count). The molecule has 3 nitrogen and oxygen atoms in total. The predicted molar refractivity (Wildman–Crippen MR) is 88.6 cm³/mol. The zero-order valence-corrected chi connectivity index (χ0v) is 13.9. The number of carbonyl (C=O) groups excluding carboxylic acids is 1. The summed E-state index contributed by atoms with van der Waals surface area (Å²) < 4.78 is 0. The van der Waals surface area contributed by atoms with Gasteiger partial charge in [-0.15, -0.1) is 0 Å². The summed E-state index contributed by atoms with van der Waals surface area (Å²) in [5, 5.41) is 3.06. The Morgan fingerprint density at radius 2 is 1.86 bits per heavy atom. The van der Waals surface area contributed by atoms with E-state index < -0.39 is 0 Å². The maximum atomic E-state index is 12.3. The van der Waals surface area contributed by atoms with E-state index in [9.17, 15) is 4.79 Å². The second-order valence-electron chi connectivity index (χ2n) is 7.39. The topological polar surface area (TPSA) is 32.3 Å². The van der Waals surface area contributed by atoms with Crippen molar-refractivity contribution in [2.45, 2.75) is 52.5 Å². The number of likely N-dealkylation sites (tertiary alicyclic amines) is 1. The normalized spacial score (nSPS) is 20.0. The highest BCUT2D eigenvalue weighted by atomic mass is 16.1. The summed E-state index contributed by atoms with van der Waals surface area (Å²) in [6.07, 6.45) is 0.962. The molecular formula is C18H28N2O. The predicted octanol–water partition coefficient (Wildman–Crippen LogP) is 3.65. The average molecular weight is 288 g/mol. The van der Waals surface area contributed by atoms with Crippen LogP contribution in [0.25, 0.3) is 0 Å². The fourth-order valence-electron chi connectivity index (χ4n) is 2.77. The number of hydrogen-bond acceptors (Lipinski definition) is 2. The summed E-state index contributed by atoms with van der Waals surface area (Å²) >= 11 is 0. The van der Waals surface area contributed by atoms with Crippen molar-refractivity contribution in [2.24, 2.45) is 5.92 Å². The fourth-order valence-corrected chi connectivity index (χ4v) is 2.77. The number of benzene rings is 1. The lowest BCUT2D eigenvalue weighted by atomic mass is 9.87. The van der Waals surface area contributed by atoms with Gasteiger partial charge < -0.3 is 10.2 Å². The number of hydrogen-bond donors (Lipinski definition) is 1. The average Bonchev–Trinajstić information content (AvgIpc) is 2.88. The first-order valence-electron chi connectivity index (χ1n) is 7.93. The summed E-state index contributed by atoms with van der Waals surface area (Å²) in [5.41, 5.74) is 2.33. The lowest BCUT2D eigenvalue weighted by Crippen LogP contribution is -2.31. The van der Waals surface area contributed by atoms with Gasteiger partial charge in [-0.1, -0.05) is 32.9 Å². The number of nitrogens with one attached hydrogen (secondary N) is 1. The minimum atomic E-state index is 0.120. The Labute approximate surface area is 128 Å². The number of nitrogens with zero attached hydrogens (tertiary/aromatic N) is 1. The minimum Gasteiger partial charge on any atom is -0.326 e. The molecule has 1 heterocycles. The molecular weight excluding hydrogens is 260 g/mol. The third-order valence-corrected chi connectivity index (χ3v) is 4.34. The van der Waals surface area contributed by atoms with E-state index in [4.69, 9.17) is 0 Å². The summed E-state index contributed by atoms with van der Waals surface area (Å²) in [6, 6.07) is 8.74. The summed E-state index contributed by atoms with van der Waals surface area (Å²) in [7, 11) is 0. The quantitative estimate of drug-likeness (QED) is 0.920. The Morgan fingerprint density at radius 3 is 2.33 bits per heavy atom. The van der Waals surface area contributed by atoms with E-state index in [0.29, 0.717) is 6.04 Å². The van der Waals surface area contributed by atoms with Crippen molar-refractivity contribution in [1.82, 2.24) is 4.90 Å². The van der Waals surface area contributed by atoms with Gasteiger partial charge in [-0.2, -0.15) is 0 Å². The molecule has 0 spiro atoms. The second kappa shape index (κ2) is 6.18. The van der Waals surface area contributed by atoms with E-state index in [2.05, 4.69) is 57.0 Å². The molecule has 0 unspecified atom stereocenters. The van der Waals surface area contributed by atoms with E-state index in [1.165, 1.54) is 5.56 Å². The number of carbonyl (C=O) groups is 1. The molecule has 0 aliphatic carbocycles. The number of anilines is 1. The van der Waals surface area contributed by atoms with Crippen LogP contribution in [0, 0.1) is 5.92 Å². The lowest BCUT2D eigenvalue weighted by molar-refractivity contribution is -0.119. The maximum Gasteiger partial charge on any atom is 0.228 e. The first-order valence-corrected chi connectivity index (χ1v) is 7.93. The van der Waals surface area contributed by atoms with Crippen molar-refractivity contribution >= 4 is 11.6 Å². The summed E-state index contributed by atoms with van der Waals surface area (Å²) in [5.74, 6) is 0.274. The first kappa shape index (κ1) is 16.0. The Balaban J connectivity index is 1.94. The van der Waals surface area contributed by atoms with Crippen LogP contribution < -0.4 is 5.32 Å². The van der Waals surface area contributed by atoms with E-state index in [0.717, 1.165) is 25.2 Å². The van der Waals surface area contributed by atoms with Crippen molar-refractivity contribution in [1.29, 1.82) is 0 Å².